The van der Waals surface area contributed by atoms with Crippen molar-refractivity contribution < 1.29 is 24.2 Å². The number of aryl methyl sites for hydroxylation is 1. The molecule has 0 aliphatic carbocycles. The Morgan fingerprint density at radius 2 is 1.59 bits per heavy atom. The number of aliphatic hydroxyl groups is 1. The topological polar surface area (TPSA) is 76.1 Å². The molecule has 0 bridgehead atoms. The van der Waals surface area contributed by atoms with E-state index in [0.29, 0.717) is 22.7 Å². The Balaban J connectivity index is 1.91. The third-order valence-electron chi connectivity index (χ3n) is 6.50. The van der Waals surface area contributed by atoms with Crippen molar-refractivity contribution in [3.05, 3.63) is 94.6 Å². The smallest absolute Gasteiger partial charge is 0.300 e. The number of ether oxygens (including phenoxy) is 2. The van der Waals surface area contributed by atoms with E-state index in [1.165, 1.54) is 4.90 Å². The quantitative estimate of drug-likeness (QED) is 0.227. The van der Waals surface area contributed by atoms with Crippen molar-refractivity contribution in [2.45, 2.75) is 52.7 Å². The zero-order valence-corrected chi connectivity index (χ0v) is 22.1. The van der Waals surface area contributed by atoms with Gasteiger partial charge >= 0.3 is 0 Å². The maximum absolute atomic E-state index is 13.5. The molecule has 1 aliphatic rings. The Kier molecular flexibility index (Phi) is 7.39. The van der Waals surface area contributed by atoms with E-state index in [1.54, 1.807) is 31.4 Å². The van der Waals surface area contributed by atoms with Crippen LogP contribution in [0.25, 0.3) is 5.76 Å². The maximum atomic E-state index is 13.5. The van der Waals surface area contributed by atoms with Crippen LogP contribution >= 0.6 is 0 Å². The molecule has 1 heterocycles. The minimum atomic E-state index is -0.790. The van der Waals surface area contributed by atoms with Crippen molar-refractivity contribution in [2.24, 2.45) is 0 Å². The number of hydrogen-bond donors (Lipinski definition) is 1. The van der Waals surface area contributed by atoms with Crippen molar-refractivity contribution in [3.8, 4) is 11.5 Å². The second kappa shape index (κ2) is 10.5. The Labute approximate surface area is 218 Å². The first-order chi connectivity index (χ1) is 17.6. The third-order valence-corrected chi connectivity index (χ3v) is 6.50. The molecule has 1 unspecified atom stereocenters. The van der Waals surface area contributed by atoms with Gasteiger partial charge in [0.1, 0.15) is 17.3 Å². The first-order valence-corrected chi connectivity index (χ1v) is 12.5. The number of nitrogens with zero attached hydrogens (tertiary/aromatic N) is 1. The van der Waals surface area contributed by atoms with Crippen molar-refractivity contribution in [2.75, 3.05) is 12.0 Å². The summed E-state index contributed by atoms with van der Waals surface area (Å²) in [5.41, 5.74) is 3.47. The first-order valence-electron chi connectivity index (χ1n) is 12.5. The molecular weight excluding hydrogens is 466 g/mol. The van der Waals surface area contributed by atoms with Gasteiger partial charge in [0.05, 0.1) is 24.8 Å². The standard InChI is InChI=1S/C31H33NO5/c1-18(2)24-17-25(20(5)16-26(24)36-6)29(33)27-28(21-10-8-7-9-11-21)32(31(35)30(27)34)22-12-14-23(15-13-22)37-19(3)4/h7-19,28,33H,1-6H3/b29-27+. The fourth-order valence-electron chi connectivity index (χ4n) is 4.73. The second-order valence-corrected chi connectivity index (χ2v) is 9.80. The highest BCUT2D eigenvalue weighted by atomic mass is 16.5. The normalized spacial score (nSPS) is 17.1. The van der Waals surface area contributed by atoms with Gasteiger partial charge in [0.15, 0.2) is 0 Å². The SMILES string of the molecule is COc1cc(C)c(/C(O)=C2\C(=O)C(=O)N(c3ccc(OC(C)C)cc3)C2c2ccccc2)cc1C(C)C. The summed E-state index contributed by atoms with van der Waals surface area (Å²) in [4.78, 5) is 28.4. The number of carbonyl (C=O) groups excluding carboxylic acids is 2. The molecule has 0 saturated carbocycles. The van der Waals surface area contributed by atoms with Crippen molar-refractivity contribution in [3.63, 3.8) is 0 Å². The Morgan fingerprint density at radius 1 is 0.946 bits per heavy atom. The van der Waals surface area contributed by atoms with Gasteiger partial charge in [-0.15, -0.1) is 0 Å². The van der Waals surface area contributed by atoms with Crippen LogP contribution in [0.15, 0.2) is 72.3 Å². The summed E-state index contributed by atoms with van der Waals surface area (Å²) in [6.07, 6.45) is 0.00728. The van der Waals surface area contributed by atoms with Crippen LogP contribution in [0.4, 0.5) is 5.69 Å². The zero-order chi connectivity index (χ0) is 26.9. The molecule has 1 fully saturated rings. The fraction of sp³-hybridized carbons (Fsp3) is 0.290. The minimum absolute atomic E-state index is 0.00728. The van der Waals surface area contributed by atoms with Crippen LogP contribution in [0.1, 0.15) is 61.9 Å². The molecule has 0 radical (unpaired) electrons. The van der Waals surface area contributed by atoms with Gasteiger partial charge in [0.25, 0.3) is 11.7 Å². The number of anilines is 1. The van der Waals surface area contributed by atoms with Gasteiger partial charge in [0, 0.05) is 11.3 Å². The predicted octanol–water partition coefficient (Wildman–Crippen LogP) is 6.54. The molecule has 6 heteroatoms. The number of Topliss-reactive ketones (excluding diaryl/α,β-unsaturated/α-hetero) is 1. The van der Waals surface area contributed by atoms with E-state index < -0.39 is 17.7 Å². The van der Waals surface area contributed by atoms with Crippen LogP contribution in [0.2, 0.25) is 0 Å². The van der Waals surface area contributed by atoms with Crippen LogP contribution in [0.5, 0.6) is 11.5 Å². The van der Waals surface area contributed by atoms with Crippen molar-refractivity contribution in [1.29, 1.82) is 0 Å². The second-order valence-electron chi connectivity index (χ2n) is 9.80. The molecule has 37 heavy (non-hydrogen) atoms. The predicted molar refractivity (Wildman–Crippen MR) is 145 cm³/mol. The third kappa shape index (κ3) is 4.96. The van der Waals surface area contributed by atoms with E-state index in [1.807, 2.05) is 77.1 Å². The van der Waals surface area contributed by atoms with Gasteiger partial charge in [-0.25, -0.2) is 0 Å². The van der Waals surface area contributed by atoms with Crippen molar-refractivity contribution >= 4 is 23.1 Å². The lowest BCUT2D eigenvalue weighted by Crippen LogP contribution is -2.29. The summed E-state index contributed by atoms with van der Waals surface area (Å²) in [7, 11) is 1.61. The highest BCUT2D eigenvalue weighted by Crippen LogP contribution is 2.43. The largest absolute Gasteiger partial charge is 0.507 e. The Morgan fingerprint density at radius 3 is 2.16 bits per heavy atom. The van der Waals surface area contributed by atoms with Crippen molar-refractivity contribution in [1.82, 2.24) is 0 Å². The van der Waals surface area contributed by atoms with Gasteiger partial charge in [0.2, 0.25) is 0 Å². The molecule has 192 valence electrons. The van der Waals surface area contributed by atoms with E-state index in [0.717, 1.165) is 16.7 Å². The summed E-state index contributed by atoms with van der Waals surface area (Å²) in [5.74, 6) is -0.106. The number of aliphatic hydroxyl groups excluding tert-OH is 1. The molecule has 0 aromatic heterocycles. The van der Waals surface area contributed by atoms with Crippen LogP contribution in [0, 0.1) is 6.92 Å². The zero-order valence-electron chi connectivity index (χ0n) is 22.1. The summed E-state index contributed by atoms with van der Waals surface area (Å²) >= 11 is 0. The number of methoxy groups -OCH3 is 1. The van der Waals surface area contributed by atoms with Gasteiger partial charge in [-0.3, -0.25) is 14.5 Å². The van der Waals surface area contributed by atoms with Gasteiger partial charge in [-0.1, -0.05) is 44.2 Å². The highest BCUT2D eigenvalue weighted by Gasteiger charge is 2.47. The van der Waals surface area contributed by atoms with E-state index in [2.05, 4.69) is 0 Å². The molecule has 3 aromatic rings. The molecular formula is C31H33NO5. The number of amides is 1. The lowest BCUT2D eigenvalue weighted by atomic mass is 9.91. The first kappa shape index (κ1) is 26.0. The molecule has 3 aromatic carbocycles. The fourth-order valence-corrected chi connectivity index (χ4v) is 4.73. The number of hydrogen-bond acceptors (Lipinski definition) is 5. The van der Waals surface area contributed by atoms with Gasteiger partial charge in [-0.2, -0.15) is 0 Å². The molecule has 1 amide bonds. The summed E-state index contributed by atoms with van der Waals surface area (Å²) < 4.78 is 11.3. The van der Waals surface area contributed by atoms with Crippen LogP contribution in [-0.4, -0.2) is 30.0 Å². The molecule has 4 rings (SSSR count). The summed E-state index contributed by atoms with van der Waals surface area (Å²) in [5, 5.41) is 11.6. The number of carbonyl (C=O) groups is 2. The highest BCUT2D eigenvalue weighted by molar-refractivity contribution is 6.51. The molecule has 1 atom stereocenters. The molecule has 6 nitrogen and oxygen atoms in total. The van der Waals surface area contributed by atoms with Crippen LogP contribution < -0.4 is 14.4 Å². The maximum Gasteiger partial charge on any atom is 0.300 e. The average Bonchev–Trinajstić information content (AvgIpc) is 3.14. The van der Waals surface area contributed by atoms with Crippen LogP contribution in [0.3, 0.4) is 0 Å². The lowest BCUT2D eigenvalue weighted by Gasteiger charge is -2.26. The monoisotopic (exact) mass is 499 g/mol. The number of benzene rings is 3. The van der Waals surface area contributed by atoms with Gasteiger partial charge < -0.3 is 14.6 Å². The summed E-state index contributed by atoms with van der Waals surface area (Å²) in [6, 6.07) is 19.3. The lowest BCUT2D eigenvalue weighted by molar-refractivity contribution is -0.132. The average molecular weight is 500 g/mol. The number of ketones is 1. The van der Waals surface area contributed by atoms with Gasteiger partial charge in [-0.05, 0) is 79.8 Å². The molecule has 0 spiro atoms. The van der Waals surface area contributed by atoms with E-state index >= 15 is 0 Å². The molecule has 1 N–H and O–H groups in total. The molecule has 1 saturated heterocycles. The van der Waals surface area contributed by atoms with Crippen LogP contribution in [-0.2, 0) is 9.59 Å². The summed E-state index contributed by atoms with van der Waals surface area (Å²) in [6.45, 7) is 9.79. The molecule has 1 aliphatic heterocycles. The minimum Gasteiger partial charge on any atom is -0.507 e. The Hall–Kier alpha value is -4.06. The number of rotatable bonds is 7. The Bertz CT molecular complexity index is 1340. The van der Waals surface area contributed by atoms with E-state index in [4.69, 9.17) is 9.47 Å². The van der Waals surface area contributed by atoms with E-state index in [-0.39, 0.29) is 23.4 Å². The van der Waals surface area contributed by atoms with E-state index in [9.17, 15) is 14.7 Å².